The molecule has 28 heavy (non-hydrogen) atoms. The van der Waals surface area contributed by atoms with Crippen molar-refractivity contribution in [3.63, 3.8) is 0 Å². The van der Waals surface area contributed by atoms with Crippen LogP contribution in [0.5, 0.6) is 0 Å². The molecule has 2 rings (SSSR count). The molecule has 6 atom stereocenters. The second kappa shape index (κ2) is 10.4. The molecule has 2 amide bonds. The van der Waals surface area contributed by atoms with Crippen molar-refractivity contribution < 1.29 is 39.2 Å². The van der Waals surface area contributed by atoms with Crippen LogP contribution in [0.2, 0.25) is 0 Å². The van der Waals surface area contributed by atoms with Gasteiger partial charge in [0.25, 0.3) is 0 Å². The highest BCUT2D eigenvalue weighted by atomic mass is 33.1. The number of hydrogen-bond donors (Lipinski definition) is 4. The Morgan fingerprint density at radius 1 is 1.29 bits per heavy atom. The Morgan fingerprint density at radius 3 is 2.68 bits per heavy atom. The lowest BCUT2D eigenvalue weighted by molar-refractivity contribution is -0.181. The van der Waals surface area contributed by atoms with Gasteiger partial charge in [0.1, 0.15) is 37.4 Å². The second-order valence-corrected chi connectivity index (χ2v) is 9.50. The molecule has 12 heteroatoms. The van der Waals surface area contributed by atoms with E-state index in [1.807, 2.05) is 6.92 Å². The maximum absolute atomic E-state index is 12.0. The third-order valence-corrected chi connectivity index (χ3v) is 7.48. The lowest BCUT2D eigenvalue weighted by atomic mass is 9.92. The average molecular weight is 437 g/mol. The number of carbonyl (C=O) groups excluding carboxylic acids is 4. The first-order chi connectivity index (χ1) is 13.3. The molecule has 2 aliphatic rings. The van der Waals surface area contributed by atoms with E-state index in [-0.39, 0.29) is 11.7 Å². The highest BCUT2D eigenvalue weighted by molar-refractivity contribution is 8.76. The zero-order chi connectivity index (χ0) is 20.8. The monoisotopic (exact) mass is 436 g/mol. The van der Waals surface area contributed by atoms with Crippen LogP contribution in [0.25, 0.3) is 0 Å². The van der Waals surface area contributed by atoms with Gasteiger partial charge in [0.2, 0.25) is 0 Å². The Bertz CT molecular complexity index is 607. The lowest BCUT2D eigenvalue weighted by Crippen LogP contribution is -2.68. The molecule has 0 aromatic heterocycles. The van der Waals surface area contributed by atoms with Crippen LogP contribution < -0.4 is 5.32 Å². The summed E-state index contributed by atoms with van der Waals surface area (Å²) in [5.41, 5.74) is 0. The van der Waals surface area contributed by atoms with Crippen LogP contribution in [-0.2, 0) is 23.9 Å². The number of hydrogen-bond acceptors (Lipinski definition) is 10. The summed E-state index contributed by atoms with van der Waals surface area (Å²) in [5.74, 6) is -2.00. The third kappa shape index (κ3) is 5.38. The predicted octanol–water partition coefficient (Wildman–Crippen LogP) is -1.58. The molecule has 0 saturated carbocycles. The molecule has 0 aromatic rings. The number of piperidine rings is 1. The fourth-order valence-electron chi connectivity index (χ4n) is 2.97. The molecular formula is C16H24N2O8S2. The van der Waals surface area contributed by atoms with E-state index in [4.69, 9.17) is 4.74 Å². The van der Waals surface area contributed by atoms with Crippen molar-refractivity contribution in [1.29, 1.82) is 0 Å². The van der Waals surface area contributed by atoms with Gasteiger partial charge in [-0.05, 0) is 6.42 Å². The third-order valence-electron chi connectivity index (χ3n) is 4.51. The normalized spacial score (nSPS) is 30.6. The summed E-state index contributed by atoms with van der Waals surface area (Å²) in [5, 5.41) is 32.5. The van der Waals surface area contributed by atoms with Crippen molar-refractivity contribution in [3.05, 3.63) is 0 Å². The largest absolute Gasteiger partial charge is 0.463 e. The van der Waals surface area contributed by atoms with Gasteiger partial charge in [0.05, 0.1) is 12.5 Å². The van der Waals surface area contributed by atoms with Gasteiger partial charge in [-0.1, -0.05) is 28.5 Å². The fraction of sp³-hybridized carbons (Fsp3) is 0.750. The summed E-state index contributed by atoms with van der Waals surface area (Å²) in [4.78, 5) is 46.7. The lowest BCUT2D eigenvalue weighted by Gasteiger charge is -2.44. The minimum Gasteiger partial charge on any atom is -0.463 e. The quantitative estimate of drug-likeness (QED) is 0.104. The zero-order valence-electron chi connectivity index (χ0n) is 15.2. The van der Waals surface area contributed by atoms with Gasteiger partial charge < -0.3 is 35.1 Å². The van der Waals surface area contributed by atoms with Crippen molar-refractivity contribution in [2.45, 2.75) is 62.0 Å². The van der Waals surface area contributed by atoms with Gasteiger partial charge >= 0.3 is 17.8 Å². The van der Waals surface area contributed by atoms with E-state index in [0.717, 1.165) is 17.6 Å². The van der Waals surface area contributed by atoms with Crippen LogP contribution in [0.3, 0.4) is 0 Å². The molecule has 2 heterocycles. The van der Waals surface area contributed by atoms with Crippen LogP contribution in [0.1, 0.15) is 26.2 Å². The predicted molar refractivity (Wildman–Crippen MR) is 101 cm³/mol. The summed E-state index contributed by atoms with van der Waals surface area (Å²) in [6.07, 6.45) is -3.68. The molecule has 2 aliphatic heterocycles. The number of aliphatic hydroxyl groups is 3. The molecule has 158 valence electrons. The molecule has 2 fully saturated rings. The van der Waals surface area contributed by atoms with Gasteiger partial charge in [-0.25, -0.2) is 0 Å². The van der Waals surface area contributed by atoms with E-state index in [2.05, 4.69) is 5.32 Å². The van der Waals surface area contributed by atoms with Gasteiger partial charge in [-0.3, -0.25) is 14.4 Å². The number of aliphatic hydroxyl groups excluding tert-OH is 3. The molecule has 1 unspecified atom stereocenters. The average Bonchev–Trinajstić information content (AvgIpc) is 2.97. The highest BCUT2D eigenvalue weighted by Crippen LogP contribution is 2.30. The number of fused-ring (bicyclic) bond motifs is 1. The molecule has 10 nitrogen and oxygen atoms in total. The van der Waals surface area contributed by atoms with Gasteiger partial charge in [0, 0.05) is 17.4 Å². The zero-order valence-corrected chi connectivity index (χ0v) is 16.9. The van der Waals surface area contributed by atoms with E-state index < -0.39 is 54.9 Å². The maximum Gasteiger partial charge on any atom is 0.314 e. The summed E-state index contributed by atoms with van der Waals surface area (Å²) >= 11 is 0. The first-order valence-corrected chi connectivity index (χ1v) is 11.2. The van der Waals surface area contributed by atoms with Gasteiger partial charge in [-0.2, -0.15) is 0 Å². The molecule has 0 radical (unpaired) electrons. The fourth-order valence-corrected chi connectivity index (χ4v) is 5.30. The Labute approximate surface area is 169 Å². The van der Waals surface area contributed by atoms with E-state index in [0.29, 0.717) is 12.2 Å². The first kappa shape index (κ1) is 22.9. The van der Waals surface area contributed by atoms with Crippen molar-refractivity contribution in [3.8, 4) is 0 Å². The number of amides is 2. The Morgan fingerprint density at radius 2 is 2.00 bits per heavy atom. The Hall–Kier alpha value is -1.34. The van der Waals surface area contributed by atoms with E-state index >= 15 is 0 Å². The first-order valence-electron chi connectivity index (χ1n) is 8.82. The number of carbonyl (C=O) groups is 4. The summed E-state index contributed by atoms with van der Waals surface area (Å²) in [7, 11) is 3.05. The standard InChI is InChI=1S/C16H24N2O8S2/c1-8(3-2-5-19)28-27-6-4-10(20)26-7-9-11(21)12(22)13(23)14-17-15(24)16(25)18(9)14/h5,8-9,11-14,21-23H,2-4,6-7H2,1H3,(H,17,24)/t8?,9-,11-,12+,13+,14+/m1/s1. The van der Waals surface area contributed by atoms with Crippen molar-refractivity contribution in [1.82, 2.24) is 10.2 Å². The van der Waals surface area contributed by atoms with Crippen molar-refractivity contribution in [2.24, 2.45) is 0 Å². The Kier molecular flexibility index (Phi) is 8.56. The van der Waals surface area contributed by atoms with Crippen LogP contribution in [0.4, 0.5) is 0 Å². The van der Waals surface area contributed by atoms with E-state index in [1.54, 1.807) is 10.8 Å². The number of ether oxygens (including phenoxy) is 1. The van der Waals surface area contributed by atoms with Crippen LogP contribution in [0.15, 0.2) is 0 Å². The van der Waals surface area contributed by atoms with Crippen molar-refractivity contribution >= 4 is 45.7 Å². The van der Waals surface area contributed by atoms with E-state index in [9.17, 15) is 34.5 Å². The highest BCUT2D eigenvalue weighted by Gasteiger charge is 2.55. The van der Waals surface area contributed by atoms with Crippen molar-refractivity contribution in [2.75, 3.05) is 12.4 Å². The van der Waals surface area contributed by atoms with E-state index in [1.165, 1.54) is 10.8 Å². The second-order valence-electron chi connectivity index (χ2n) is 6.58. The van der Waals surface area contributed by atoms with Crippen LogP contribution in [-0.4, -0.2) is 92.4 Å². The number of aldehydes is 1. The van der Waals surface area contributed by atoms with Crippen LogP contribution in [0, 0.1) is 0 Å². The van der Waals surface area contributed by atoms with Gasteiger partial charge in [0.15, 0.2) is 0 Å². The summed E-state index contributed by atoms with van der Waals surface area (Å²) in [6.45, 7) is 1.58. The summed E-state index contributed by atoms with van der Waals surface area (Å²) < 4.78 is 5.11. The molecular weight excluding hydrogens is 412 g/mol. The molecule has 4 N–H and O–H groups in total. The smallest absolute Gasteiger partial charge is 0.314 e. The van der Waals surface area contributed by atoms with Gasteiger partial charge in [-0.15, -0.1) is 0 Å². The minimum atomic E-state index is -1.60. The number of nitrogens with zero attached hydrogens (tertiary/aromatic N) is 1. The minimum absolute atomic E-state index is 0.0978. The molecule has 0 aromatic carbocycles. The number of esters is 1. The number of rotatable bonds is 10. The maximum atomic E-state index is 12.0. The summed E-state index contributed by atoms with van der Waals surface area (Å²) in [6, 6.07) is -1.15. The Balaban J connectivity index is 1.80. The SMILES string of the molecule is CC(CCC=O)SSCCC(=O)OC[C@@H]1[C@@H](O)[C@H](O)[C@H](O)[C@H]2NC(=O)C(=O)N12. The molecule has 2 saturated heterocycles. The molecule has 0 aliphatic carbocycles. The topological polar surface area (TPSA) is 153 Å². The number of nitrogens with one attached hydrogen (secondary N) is 1. The molecule has 0 spiro atoms. The molecule has 0 bridgehead atoms. The van der Waals surface area contributed by atoms with Crippen LogP contribution >= 0.6 is 21.6 Å².